The zero-order chi connectivity index (χ0) is 33.1. The molecule has 0 radical (unpaired) electrons. The van der Waals surface area contributed by atoms with Crippen LogP contribution < -0.4 is 0 Å². The third-order valence-corrected chi connectivity index (χ3v) is 8.24. The molecule has 3 aromatic rings. The second-order valence-electron chi connectivity index (χ2n) is 14.3. The lowest BCUT2D eigenvalue weighted by molar-refractivity contribution is -0.154. The van der Waals surface area contributed by atoms with Crippen molar-refractivity contribution in [1.29, 1.82) is 0 Å². The molecule has 240 valence electrons. The molecule has 0 aliphatic carbocycles. The Morgan fingerprint density at radius 2 is 1.64 bits per heavy atom. The maximum Gasteiger partial charge on any atom is 0.284 e. The molecule has 2 atom stereocenters. The Morgan fingerprint density at radius 3 is 2.27 bits per heavy atom. The van der Waals surface area contributed by atoms with Gasteiger partial charge in [0.05, 0.1) is 11.8 Å². The Hall–Kier alpha value is -4.14. The van der Waals surface area contributed by atoms with Crippen LogP contribution in [0.15, 0.2) is 59.0 Å². The van der Waals surface area contributed by atoms with Crippen molar-refractivity contribution in [2.24, 2.45) is 17.3 Å². The van der Waals surface area contributed by atoms with Gasteiger partial charge in [-0.2, -0.15) is 0 Å². The van der Waals surface area contributed by atoms with E-state index < -0.39 is 28.7 Å². The van der Waals surface area contributed by atoms with Gasteiger partial charge in [-0.05, 0) is 51.2 Å². The van der Waals surface area contributed by atoms with E-state index in [1.165, 1.54) is 4.90 Å². The van der Waals surface area contributed by atoms with Crippen LogP contribution in [0.1, 0.15) is 94.6 Å². The fourth-order valence-electron chi connectivity index (χ4n) is 5.92. The van der Waals surface area contributed by atoms with Gasteiger partial charge in [-0.25, -0.2) is 0 Å². The summed E-state index contributed by atoms with van der Waals surface area (Å²) in [6, 6.07) is 16.3. The summed E-state index contributed by atoms with van der Waals surface area (Å²) in [6.07, 6.45) is 1.25. The zero-order valence-electron chi connectivity index (χ0n) is 27.8. The Labute approximate surface area is 266 Å². The molecule has 1 aliphatic heterocycles. The number of Topliss-reactive ketones (excluding diaryl/α,β-unsaturated/α-hetero) is 1. The van der Waals surface area contributed by atoms with Crippen LogP contribution in [-0.4, -0.2) is 61.6 Å². The maximum absolute atomic E-state index is 14.6. The molecule has 0 N–H and O–H groups in total. The second kappa shape index (κ2) is 13.5. The molecule has 45 heavy (non-hydrogen) atoms. The summed E-state index contributed by atoms with van der Waals surface area (Å²) in [4.78, 5) is 58.2. The number of nitrogens with zero attached hydrogens (tertiary/aromatic N) is 4. The predicted octanol–water partition coefficient (Wildman–Crippen LogP) is 5.84. The number of carbonyl (C=O) groups excluding carboxylic acids is 4. The fourth-order valence-corrected chi connectivity index (χ4v) is 5.92. The molecule has 9 heteroatoms. The highest BCUT2D eigenvalue weighted by Gasteiger charge is 2.48. The van der Waals surface area contributed by atoms with E-state index in [0.29, 0.717) is 18.7 Å². The fraction of sp³-hybridized carbons (Fsp3) is 0.500. The molecule has 0 spiro atoms. The Balaban J connectivity index is 1.62. The van der Waals surface area contributed by atoms with Crippen LogP contribution in [0.5, 0.6) is 0 Å². The number of aryl methyl sites for hydroxylation is 1. The van der Waals surface area contributed by atoms with Crippen molar-refractivity contribution in [3.05, 3.63) is 83.1 Å². The molecule has 9 nitrogen and oxygen atoms in total. The van der Waals surface area contributed by atoms with E-state index in [1.54, 1.807) is 18.7 Å². The molecular formula is C36H46N4O5. The third kappa shape index (κ3) is 8.12. The van der Waals surface area contributed by atoms with E-state index in [9.17, 15) is 19.2 Å². The number of ketones is 1. The zero-order valence-corrected chi connectivity index (χ0v) is 27.8. The molecule has 1 aliphatic rings. The van der Waals surface area contributed by atoms with E-state index in [4.69, 9.17) is 4.42 Å². The number of carbonyl (C=O) groups is 4. The lowest BCUT2D eigenvalue weighted by Gasteiger charge is -2.43. The van der Waals surface area contributed by atoms with Crippen LogP contribution in [0, 0.1) is 24.2 Å². The molecule has 0 saturated carbocycles. The minimum Gasteiger partial charge on any atom is -0.418 e. The quantitative estimate of drug-likeness (QED) is 0.186. The first-order valence-corrected chi connectivity index (χ1v) is 15.7. The summed E-state index contributed by atoms with van der Waals surface area (Å²) in [7, 11) is 0. The van der Waals surface area contributed by atoms with Crippen LogP contribution in [0.3, 0.4) is 0 Å². The van der Waals surface area contributed by atoms with Crippen molar-refractivity contribution in [3.63, 3.8) is 0 Å². The molecular weight excluding hydrogens is 568 g/mol. The smallest absolute Gasteiger partial charge is 0.284 e. The second-order valence-corrected chi connectivity index (χ2v) is 14.3. The normalized spacial score (nSPS) is 16.4. The molecule has 3 amide bonds. The number of likely N-dealkylation sites (tertiary alicyclic amines) is 1. The number of aromatic nitrogens is 2. The van der Waals surface area contributed by atoms with Crippen molar-refractivity contribution >= 4 is 23.5 Å². The SMILES string of the molecule is Cc1cccc(Cc2nnc(C(=O)C(C)(C)CN(C(=O)[C@H](Cc3ccccc3)N3C(=O)CC(CC(C)C)C3=O)C(C)(C)C)o2)c1. The molecule has 0 bridgehead atoms. The number of hydrogen-bond acceptors (Lipinski definition) is 7. The largest absolute Gasteiger partial charge is 0.418 e. The van der Waals surface area contributed by atoms with Crippen molar-refractivity contribution in [1.82, 2.24) is 20.0 Å². The summed E-state index contributed by atoms with van der Waals surface area (Å²) >= 11 is 0. The monoisotopic (exact) mass is 614 g/mol. The van der Waals surface area contributed by atoms with Crippen molar-refractivity contribution < 1.29 is 23.6 Å². The lowest BCUT2D eigenvalue weighted by atomic mass is 9.85. The van der Waals surface area contributed by atoms with Gasteiger partial charge in [0.2, 0.25) is 29.4 Å². The summed E-state index contributed by atoms with van der Waals surface area (Å²) in [5.41, 5.74) is 1.08. The van der Waals surface area contributed by atoms with Gasteiger partial charge in [-0.3, -0.25) is 24.1 Å². The lowest BCUT2D eigenvalue weighted by Crippen LogP contribution is -2.59. The van der Waals surface area contributed by atoms with Crippen LogP contribution in [-0.2, 0) is 27.2 Å². The van der Waals surface area contributed by atoms with E-state index in [0.717, 1.165) is 16.7 Å². The maximum atomic E-state index is 14.6. The van der Waals surface area contributed by atoms with E-state index in [2.05, 4.69) is 10.2 Å². The first-order chi connectivity index (χ1) is 21.1. The summed E-state index contributed by atoms with van der Waals surface area (Å²) in [5.74, 6) is -1.43. The summed E-state index contributed by atoms with van der Waals surface area (Å²) in [5, 5.41) is 8.16. The summed E-state index contributed by atoms with van der Waals surface area (Å²) in [6.45, 7) is 15.2. The average molecular weight is 615 g/mol. The Morgan fingerprint density at radius 1 is 0.978 bits per heavy atom. The molecule has 1 fully saturated rings. The topological polar surface area (TPSA) is 114 Å². The van der Waals surface area contributed by atoms with Crippen molar-refractivity contribution in [2.75, 3.05) is 6.54 Å². The molecule has 1 aromatic heterocycles. The first-order valence-electron chi connectivity index (χ1n) is 15.7. The van der Waals surface area contributed by atoms with Gasteiger partial charge < -0.3 is 9.32 Å². The van der Waals surface area contributed by atoms with E-state index in [1.807, 2.05) is 96.1 Å². The molecule has 4 rings (SSSR count). The molecule has 2 aromatic carbocycles. The predicted molar refractivity (Wildman–Crippen MR) is 171 cm³/mol. The average Bonchev–Trinajstić information content (AvgIpc) is 3.52. The number of imide groups is 1. The first kappa shape index (κ1) is 33.7. The molecule has 2 heterocycles. The van der Waals surface area contributed by atoms with Gasteiger partial charge in [-0.15, -0.1) is 10.2 Å². The Bertz CT molecular complexity index is 1540. The van der Waals surface area contributed by atoms with Gasteiger partial charge in [-0.1, -0.05) is 87.9 Å². The van der Waals surface area contributed by atoms with Gasteiger partial charge >= 0.3 is 0 Å². The van der Waals surface area contributed by atoms with Gasteiger partial charge in [0.1, 0.15) is 6.04 Å². The van der Waals surface area contributed by atoms with Crippen LogP contribution in [0.2, 0.25) is 0 Å². The van der Waals surface area contributed by atoms with Crippen LogP contribution in [0.4, 0.5) is 0 Å². The minimum atomic E-state index is -1.12. The third-order valence-electron chi connectivity index (χ3n) is 8.24. The van der Waals surface area contributed by atoms with E-state index in [-0.39, 0.29) is 48.9 Å². The highest BCUT2D eigenvalue weighted by Crippen LogP contribution is 2.32. The Kier molecular flexibility index (Phi) is 10.1. The van der Waals surface area contributed by atoms with E-state index >= 15 is 0 Å². The van der Waals surface area contributed by atoms with Gasteiger partial charge in [0.25, 0.3) is 5.89 Å². The number of hydrogen-bond donors (Lipinski definition) is 0. The van der Waals surface area contributed by atoms with Crippen LogP contribution in [0.25, 0.3) is 0 Å². The molecule has 1 unspecified atom stereocenters. The van der Waals surface area contributed by atoms with Gasteiger partial charge in [0.15, 0.2) is 0 Å². The summed E-state index contributed by atoms with van der Waals surface area (Å²) < 4.78 is 5.81. The standard InChI is InChI=1S/C36H46N4O5/c1-23(2)17-27-21-30(41)40(33(27)43)28(19-25-14-10-9-11-15-25)34(44)39(35(4,5)6)22-36(7,8)31(42)32-38-37-29(45-32)20-26-16-12-13-24(3)18-26/h9-16,18,23,27-28H,17,19-22H2,1-8H3/t27?,28-/m0/s1. The highest BCUT2D eigenvalue weighted by atomic mass is 16.4. The van der Waals surface area contributed by atoms with Crippen molar-refractivity contribution in [3.8, 4) is 0 Å². The highest BCUT2D eigenvalue weighted by molar-refractivity contribution is 6.07. The van der Waals surface area contributed by atoms with Crippen LogP contribution >= 0.6 is 0 Å². The van der Waals surface area contributed by atoms with Gasteiger partial charge in [0, 0.05) is 30.8 Å². The number of amides is 3. The molecule has 1 saturated heterocycles. The number of benzene rings is 2. The minimum absolute atomic E-state index is 0.0146. The number of rotatable bonds is 12. The van der Waals surface area contributed by atoms with Crippen molar-refractivity contribution in [2.45, 2.75) is 92.7 Å².